The Kier molecular flexibility index (Phi) is 6.29. The van der Waals surface area contributed by atoms with Gasteiger partial charge in [0.05, 0.1) is 0 Å². The molecule has 25 heavy (non-hydrogen) atoms. The SMILES string of the molecule is CCCC[C@H]1CC[C@H](c2ccc(C#Cc3ccc(C)cn3)cc2)CC1. The van der Waals surface area contributed by atoms with E-state index in [1.54, 1.807) is 0 Å². The van der Waals surface area contributed by atoms with Crippen molar-refractivity contribution in [1.29, 1.82) is 0 Å². The van der Waals surface area contributed by atoms with Crippen LogP contribution in [0.1, 0.15) is 80.2 Å². The van der Waals surface area contributed by atoms with Crippen LogP contribution in [-0.4, -0.2) is 4.98 Å². The highest BCUT2D eigenvalue weighted by Crippen LogP contribution is 2.37. The van der Waals surface area contributed by atoms with Crippen molar-refractivity contribution in [2.75, 3.05) is 0 Å². The first-order valence-corrected chi connectivity index (χ1v) is 9.79. The Balaban J connectivity index is 1.57. The quantitative estimate of drug-likeness (QED) is 0.603. The van der Waals surface area contributed by atoms with Gasteiger partial charge in [0.1, 0.15) is 5.69 Å². The molecule has 1 nitrogen and oxygen atoms in total. The average molecular weight is 332 g/mol. The molecule has 0 bridgehead atoms. The molecule has 130 valence electrons. The fourth-order valence-electron chi connectivity index (χ4n) is 3.79. The summed E-state index contributed by atoms with van der Waals surface area (Å²) in [5.74, 6) is 8.10. The van der Waals surface area contributed by atoms with E-state index in [1.165, 1.54) is 56.1 Å². The lowest BCUT2D eigenvalue weighted by molar-refractivity contribution is 0.304. The standard InChI is InChI=1S/C24H29N/c1-3-4-5-20-7-12-22(13-8-20)23-14-9-21(10-15-23)11-17-24-16-6-19(2)18-25-24/h6,9-10,14-16,18,20,22H,3-5,7-8,12-13H2,1-2H3/t20-,22-. The molecule has 0 N–H and O–H groups in total. The molecule has 1 aliphatic carbocycles. The van der Waals surface area contributed by atoms with E-state index in [9.17, 15) is 0 Å². The molecule has 0 amide bonds. The minimum atomic E-state index is 0.749. The summed E-state index contributed by atoms with van der Waals surface area (Å²) in [4.78, 5) is 4.34. The van der Waals surface area contributed by atoms with Gasteiger partial charge in [-0.1, -0.05) is 50.3 Å². The van der Waals surface area contributed by atoms with Gasteiger partial charge >= 0.3 is 0 Å². The van der Waals surface area contributed by atoms with E-state index in [0.29, 0.717) is 0 Å². The minimum Gasteiger partial charge on any atom is -0.248 e. The number of pyridine rings is 1. The molecule has 1 heterocycles. The maximum atomic E-state index is 4.34. The van der Waals surface area contributed by atoms with E-state index in [2.05, 4.69) is 54.1 Å². The lowest BCUT2D eigenvalue weighted by atomic mass is 9.77. The van der Waals surface area contributed by atoms with Gasteiger partial charge in [0.15, 0.2) is 0 Å². The molecule has 0 radical (unpaired) electrons. The van der Waals surface area contributed by atoms with Crippen molar-refractivity contribution in [3.8, 4) is 11.8 Å². The monoisotopic (exact) mass is 331 g/mol. The van der Waals surface area contributed by atoms with Crippen molar-refractivity contribution < 1.29 is 0 Å². The van der Waals surface area contributed by atoms with Gasteiger partial charge in [-0.2, -0.15) is 0 Å². The average Bonchev–Trinajstić information content (AvgIpc) is 2.67. The smallest absolute Gasteiger partial charge is 0.113 e. The summed E-state index contributed by atoms with van der Waals surface area (Å²) in [5, 5.41) is 0. The topological polar surface area (TPSA) is 12.9 Å². The molecular formula is C24H29N. The summed E-state index contributed by atoms with van der Waals surface area (Å²) in [6.45, 7) is 4.34. The molecule has 3 rings (SSSR count). The fourth-order valence-corrected chi connectivity index (χ4v) is 3.79. The number of nitrogens with zero attached hydrogens (tertiary/aromatic N) is 1. The summed E-state index contributed by atoms with van der Waals surface area (Å²) >= 11 is 0. The lowest BCUT2D eigenvalue weighted by Crippen LogP contribution is -2.13. The zero-order valence-electron chi connectivity index (χ0n) is 15.6. The van der Waals surface area contributed by atoms with Crippen LogP contribution in [0.3, 0.4) is 0 Å². The molecule has 1 aromatic carbocycles. The fraction of sp³-hybridized carbons (Fsp3) is 0.458. The van der Waals surface area contributed by atoms with Crippen molar-refractivity contribution >= 4 is 0 Å². The van der Waals surface area contributed by atoms with Gasteiger partial charge < -0.3 is 0 Å². The first kappa shape index (κ1) is 17.7. The molecule has 0 atom stereocenters. The Bertz CT molecular complexity index is 707. The Labute approximate surface area is 152 Å². The van der Waals surface area contributed by atoms with Crippen molar-refractivity contribution in [2.24, 2.45) is 5.92 Å². The molecule has 1 fully saturated rings. The van der Waals surface area contributed by atoms with Gasteiger partial charge in [0, 0.05) is 11.8 Å². The van der Waals surface area contributed by atoms with Crippen LogP contribution in [0.25, 0.3) is 0 Å². The van der Waals surface area contributed by atoms with Crippen LogP contribution in [0.5, 0.6) is 0 Å². The molecule has 1 aliphatic rings. The van der Waals surface area contributed by atoms with E-state index < -0.39 is 0 Å². The molecule has 1 heteroatoms. The number of aromatic nitrogens is 1. The number of hydrogen-bond donors (Lipinski definition) is 0. The van der Waals surface area contributed by atoms with Gasteiger partial charge in [-0.25, -0.2) is 4.98 Å². The first-order chi connectivity index (χ1) is 12.2. The Morgan fingerprint density at radius 3 is 2.36 bits per heavy atom. The normalized spacial score (nSPS) is 19.9. The van der Waals surface area contributed by atoms with Gasteiger partial charge in [-0.15, -0.1) is 0 Å². The maximum absolute atomic E-state index is 4.34. The zero-order chi connectivity index (χ0) is 17.5. The third kappa shape index (κ3) is 5.20. The van der Waals surface area contributed by atoms with Gasteiger partial charge in [-0.3, -0.25) is 0 Å². The Hall–Kier alpha value is -2.07. The van der Waals surface area contributed by atoms with Crippen LogP contribution >= 0.6 is 0 Å². The molecule has 1 aromatic heterocycles. The molecule has 0 unspecified atom stereocenters. The minimum absolute atomic E-state index is 0.749. The lowest BCUT2D eigenvalue weighted by Gasteiger charge is -2.28. The van der Waals surface area contributed by atoms with Crippen LogP contribution < -0.4 is 0 Å². The van der Waals surface area contributed by atoms with E-state index in [4.69, 9.17) is 0 Å². The molecule has 0 saturated heterocycles. The molecule has 0 spiro atoms. The van der Waals surface area contributed by atoms with Gasteiger partial charge in [-0.05, 0) is 79.7 Å². The maximum Gasteiger partial charge on any atom is 0.113 e. The largest absolute Gasteiger partial charge is 0.248 e. The number of rotatable bonds is 4. The highest BCUT2D eigenvalue weighted by molar-refractivity contribution is 5.41. The second-order valence-corrected chi connectivity index (χ2v) is 7.45. The Morgan fingerprint density at radius 1 is 0.960 bits per heavy atom. The number of unbranched alkanes of at least 4 members (excludes halogenated alkanes) is 1. The van der Waals surface area contributed by atoms with E-state index in [-0.39, 0.29) is 0 Å². The highest BCUT2D eigenvalue weighted by Gasteiger charge is 2.21. The van der Waals surface area contributed by atoms with E-state index in [0.717, 1.165) is 23.1 Å². The predicted molar refractivity (Wildman–Crippen MR) is 106 cm³/mol. The van der Waals surface area contributed by atoms with Crippen LogP contribution in [0.2, 0.25) is 0 Å². The number of hydrogen-bond acceptors (Lipinski definition) is 1. The van der Waals surface area contributed by atoms with Crippen LogP contribution in [0.4, 0.5) is 0 Å². The molecule has 2 aromatic rings. The summed E-state index contributed by atoms with van der Waals surface area (Å²) in [6.07, 6.45) is 11.6. The molecule has 0 aliphatic heterocycles. The van der Waals surface area contributed by atoms with Crippen LogP contribution in [-0.2, 0) is 0 Å². The predicted octanol–water partition coefficient (Wildman–Crippen LogP) is 6.25. The molecular weight excluding hydrogens is 302 g/mol. The van der Waals surface area contributed by atoms with Gasteiger partial charge in [0.25, 0.3) is 0 Å². The summed E-state index contributed by atoms with van der Waals surface area (Å²) < 4.78 is 0. The van der Waals surface area contributed by atoms with E-state index >= 15 is 0 Å². The third-order valence-electron chi connectivity index (χ3n) is 5.44. The first-order valence-electron chi connectivity index (χ1n) is 9.79. The van der Waals surface area contributed by atoms with Crippen molar-refractivity contribution in [1.82, 2.24) is 4.98 Å². The zero-order valence-corrected chi connectivity index (χ0v) is 15.6. The number of aryl methyl sites for hydroxylation is 1. The molecule has 1 saturated carbocycles. The Morgan fingerprint density at radius 2 is 1.72 bits per heavy atom. The van der Waals surface area contributed by atoms with Crippen molar-refractivity contribution in [3.63, 3.8) is 0 Å². The third-order valence-corrected chi connectivity index (χ3v) is 5.44. The van der Waals surface area contributed by atoms with Crippen LogP contribution in [0, 0.1) is 24.7 Å². The van der Waals surface area contributed by atoms with Crippen molar-refractivity contribution in [2.45, 2.75) is 64.7 Å². The van der Waals surface area contributed by atoms with E-state index in [1.807, 2.05) is 19.2 Å². The summed E-state index contributed by atoms with van der Waals surface area (Å²) in [6, 6.07) is 12.9. The van der Waals surface area contributed by atoms with Crippen LogP contribution in [0.15, 0.2) is 42.6 Å². The second-order valence-electron chi connectivity index (χ2n) is 7.45. The summed E-state index contributed by atoms with van der Waals surface area (Å²) in [5.41, 5.74) is 4.56. The summed E-state index contributed by atoms with van der Waals surface area (Å²) in [7, 11) is 0. The van der Waals surface area contributed by atoms with Gasteiger partial charge in [0.2, 0.25) is 0 Å². The number of benzene rings is 1. The van der Waals surface area contributed by atoms with Crippen molar-refractivity contribution in [3.05, 3.63) is 65.0 Å². The second kappa shape index (κ2) is 8.86. The highest BCUT2D eigenvalue weighted by atomic mass is 14.7.